The maximum absolute atomic E-state index is 5.79. The molecule has 1 aromatic carbocycles. The van der Waals surface area contributed by atoms with Gasteiger partial charge in [0.1, 0.15) is 5.82 Å². The van der Waals surface area contributed by atoms with Crippen molar-refractivity contribution in [1.82, 2.24) is 14.5 Å². The lowest BCUT2D eigenvalue weighted by Crippen LogP contribution is -2.22. The molecule has 1 fully saturated rings. The number of nitrogens with two attached hydrogens (primary N) is 1. The summed E-state index contributed by atoms with van der Waals surface area (Å²) >= 11 is 0. The fraction of sp³-hybridized carbons (Fsp3) is 0.562. The Labute approximate surface area is 120 Å². The molecule has 108 valence electrons. The first-order valence-corrected chi connectivity index (χ1v) is 7.58. The first-order chi connectivity index (χ1) is 9.69. The van der Waals surface area contributed by atoms with Crippen LogP contribution < -0.4 is 5.73 Å². The Bertz CT molecular complexity index is 608. The summed E-state index contributed by atoms with van der Waals surface area (Å²) in [5.41, 5.74) is 10.8. The van der Waals surface area contributed by atoms with E-state index in [1.165, 1.54) is 42.6 Å². The van der Waals surface area contributed by atoms with Crippen molar-refractivity contribution in [2.45, 2.75) is 39.8 Å². The van der Waals surface area contributed by atoms with Crippen LogP contribution in [0.15, 0.2) is 12.1 Å². The maximum Gasteiger partial charge on any atom is 0.124 e. The predicted molar refractivity (Wildman–Crippen MR) is 82.8 cm³/mol. The number of imidazole rings is 1. The first kappa shape index (κ1) is 13.6. The molecule has 0 radical (unpaired) electrons. The van der Waals surface area contributed by atoms with Gasteiger partial charge in [0, 0.05) is 13.1 Å². The number of hydrogen-bond donors (Lipinski definition) is 1. The largest absolute Gasteiger partial charge is 0.329 e. The summed E-state index contributed by atoms with van der Waals surface area (Å²) in [5, 5.41) is 0. The van der Waals surface area contributed by atoms with Crippen molar-refractivity contribution in [3.05, 3.63) is 29.1 Å². The Balaban J connectivity index is 2.02. The van der Waals surface area contributed by atoms with Crippen LogP contribution in [0.25, 0.3) is 11.0 Å². The van der Waals surface area contributed by atoms with Gasteiger partial charge < -0.3 is 10.3 Å². The molecule has 0 bridgehead atoms. The monoisotopic (exact) mass is 272 g/mol. The molecular weight excluding hydrogens is 248 g/mol. The van der Waals surface area contributed by atoms with Gasteiger partial charge in [-0.1, -0.05) is 0 Å². The maximum atomic E-state index is 5.79. The van der Waals surface area contributed by atoms with E-state index in [1.807, 2.05) is 0 Å². The van der Waals surface area contributed by atoms with E-state index in [4.69, 9.17) is 10.7 Å². The van der Waals surface area contributed by atoms with Crippen LogP contribution in [0, 0.1) is 13.8 Å². The first-order valence-electron chi connectivity index (χ1n) is 7.58. The van der Waals surface area contributed by atoms with Gasteiger partial charge in [0.05, 0.1) is 17.6 Å². The van der Waals surface area contributed by atoms with Crippen LogP contribution in [0.1, 0.15) is 29.8 Å². The average molecular weight is 272 g/mol. The predicted octanol–water partition coefficient (Wildman–Crippen LogP) is 2.21. The number of nitrogens with zero attached hydrogens (tertiary/aromatic N) is 3. The van der Waals surface area contributed by atoms with Crippen molar-refractivity contribution >= 4 is 11.0 Å². The van der Waals surface area contributed by atoms with Crippen LogP contribution in [0.5, 0.6) is 0 Å². The van der Waals surface area contributed by atoms with Crippen LogP contribution in [-0.4, -0.2) is 34.1 Å². The second kappa shape index (κ2) is 5.54. The van der Waals surface area contributed by atoms with E-state index in [-0.39, 0.29) is 0 Å². The minimum atomic E-state index is 0.658. The van der Waals surface area contributed by atoms with Crippen molar-refractivity contribution in [3.63, 3.8) is 0 Å². The normalized spacial score (nSPS) is 16.4. The van der Waals surface area contributed by atoms with E-state index >= 15 is 0 Å². The second-order valence-corrected chi connectivity index (χ2v) is 5.88. The van der Waals surface area contributed by atoms with Crippen molar-refractivity contribution in [3.8, 4) is 0 Å². The van der Waals surface area contributed by atoms with Crippen LogP contribution >= 0.6 is 0 Å². The van der Waals surface area contributed by atoms with Gasteiger partial charge in [0.2, 0.25) is 0 Å². The van der Waals surface area contributed by atoms with Crippen LogP contribution in [0.2, 0.25) is 0 Å². The standard InChI is InChI=1S/C16H24N4/c1-12-9-14-15(10-13(12)2)20(8-5-17)16(18-14)11-19-6-3-4-7-19/h9-10H,3-8,11,17H2,1-2H3. The molecule has 1 aliphatic heterocycles. The van der Waals surface area contributed by atoms with Gasteiger partial charge in [0.25, 0.3) is 0 Å². The highest BCUT2D eigenvalue weighted by Crippen LogP contribution is 2.22. The highest BCUT2D eigenvalue weighted by Gasteiger charge is 2.17. The summed E-state index contributed by atoms with van der Waals surface area (Å²) in [4.78, 5) is 7.36. The molecule has 20 heavy (non-hydrogen) atoms. The second-order valence-electron chi connectivity index (χ2n) is 5.88. The molecule has 4 heteroatoms. The van der Waals surface area contributed by atoms with E-state index in [0.29, 0.717) is 6.54 Å². The average Bonchev–Trinajstić information content (AvgIpc) is 3.02. The lowest BCUT2D eigenvalue weighted by molar-refractivity contribution is 0.317. The van der Waals surface area contributed by atoms with Gasteiger partial charge >= 0.3 is 0 Å². The van der Waals surface area contributed by atoms with Gasteiger partial charge in [-0.3, -0.25) is 4.90 Å². The van der Waals surface area contributed by atoms with Crippen molar-refractivity contribution in [2.24, 2.45) is 5.73 Å². The van der Waals surface area contributed by atoms with Gasteiger partial charge in [-0.2, -0.15) is 0 Å². The number of likely N-dealkylation sites (tertiary alicyclic amines) is 1. The minimum Gasteiger partial charge on any atom is -0.329 e. The number of aryl methyl sites for hydroxylation is 2. The third kappa shape index (κ3) is 2.45. The van der Waals surface area contributed by atoms with Crippen molar-refractivity contribution in [1.29, 1.82) is 0 Å². The van der Waals surface area contributed by atoms with E-state index in [2.05, 4.69) is 35.4 Å². The number of rotatable bonds is 4. The van der Waals surface area contributed by atoms with Crippen molar-refractivity contribution in [2.75, 3.05) is 19.6 Å². The molecule has 1 aliphatic rings. The molecule has 2 aromatic rings. The van der Waals surface area contributed by atoms with Gasteiger partial charge in [-0.15, -0.1) is 0 Å². The molecule has 4 nitrogen and oxygen atoms in total. The van der Waals surface area contributed by atoms with Gasteiger partial charge in [-0.25, -0.2) is 4.98 Å². The minimum absolute atomic E-state index is 0.658. The summed E-state index contributed by atoms with van der Waals surface area (Å²) in [6.07, 6.45) is 2.63. The Kier molecular flexibility index (Phi) is 3.76. The molecule has 0 saturated carbocycles. The number of fused-ring (bicyclic) bond motifs is 1. The third-order valence-electron chi connectivity index (χ3n) is 4.36. The Morgan fingerprint density at radius 1 is 1.15 bits per heavy atom. The summed E-state index contributed by atoms with van der Waals surface area (Å²) < 4.78 is 2.31. The Morgan fingerprint density at radius 3 is 2.55 bits per heavy atom. The smallest absolute Gasteiger partial charge is 0.124 e. The van der Waals surface area contributed by atoms with Crippen molar-refractivity contribution < 1.29 is 0 Å². The van der Waals surface area contributed by atoms with Crippen LogP contribution in [0.4, 0.5) is 0 Å². The lowest BCUT2D eigenvalue weighted by atomic mass is 10.1. The molecule has 0 spiro atoms. The topological polar surface area (TPSA) is 47.1 Å². The van der Waals surface area contributed by atoms with E-state index in [0.717, 1.165) is 24.4 Å². The van der Waals surface area contributed by atoms with Gasteiger partial charge in [-0.05, 0) is 63.0 Å². The molecule has 2 heterocycles. The molecule has 0 unspecified atom stereocenters. The SMILES string of the molecule is Cc1cc2nc(CN3CCCC3)n(CCN)c2cc1C. The summed E-state index contributed by atoms with van der Waals surface area (Å²) in [5.74, 6) is 1.16. The zero-order chi connectivity index (χ0) is 14.1. The van der Waals surface area contributed by atoms with E-state index in [1.54, 1.807) is 0 Å². The fourth-order valence-corrected chi connectivity index (χ4v) is 3.07. The molecule has 1 saturated heterocycles. The highest BCUT2D eigenvalue weighted by molar-refractivity contribution is 5.78. The molecular formula is C16H24N4. The molecule has 0 amide bonds. The summed E-state index contributed by atoms with van der Waals surface area (Å²) in [6.45, 7) is 9.17. The molecule has 0 atom stereocenters. The molecule has 2 N–H and O–H groups in total. The fourth-order valence-electron chi connectivity index (χ4n) is 3.07. The quantitative estimate of drug-likeness (QED) is 0.928. The van der Waals surface area contributed by atoms with Crippen LogP contribution in [0.3, 0.4) is 0 Å². The number of hydrogen-bond acceptors (Lipinski definition) is 3. The summed E-state index contributed by atoms with van der Waals surface area (Å²) in [7, 11) is 0. The zero-order valence-corrected chi connectivity index (χ0v) is 12.5. The third-order valence-corrected chi connectivity index (χ3v) is 4.36. The van der Waals surface area contributed by atoms with E-state index in [9.17, 15) is 0 Å². The Morgan fingerprint density at radius 2 is 1.85 bits per heavy atom. The number of aromatic nitrogens is 2. The molecule has 0 aliphatic carbocycles. The number of benzene rings is 1. The summed E-state index contributed by atoms with van der Waals surface area (Å²) in [6, 6.07) is 4.45. The Hall–Kier alpha value is -1.39. The molecule has 3 rings (SSSR count). The van der Waals surface area contributed by atoms with E-state index < -0.39 is 0 Å². The van der Waals surface area contributed by atoms with Gasteiger partial charge in [0.15, 0.2) is 0 Å². The zero-order valence-electron chi connectivity index (χ0n) is 12.5. The van der Waals surface area contributed by atoms with Crippen LogP contribution in [-0.2, 0) is 13.1 Å². The molecule has 1 aromatic heterocycles. The highest BCUT2D eigenvalue weighted by atomic mass is 15.2. The lowest BCUT2D eigenvalue weighted by Gasteiger charge is -2.15.